The molecule has 0 aromatic heterocycles. The van der Waals surface area contributed by atoms with Gasteiger partial charge in [0.2, 0.25) is 0 Å². The Balaban J connectivity index is 4.67. The number of hydrogen-bond donors (Lipinski definition) is 2. The average Bonchev–Trinajstić information content (AvgIpc) is 2.58. The van der Waals surface area contributed by atoms with Crippen molar-refractivity contribution in [2.45, 2.75) is 59.2 Å². The van der Waals surface area contributed by atoms with Crippen LogP contribution in [0.5, 0.6) is 0 Å². The van der Waals surface area contributed by atoms with Crippen molar-refractivity contribution >= 4 is 6.29 Å². The van der Waals surface area contributed by atoms with Gasteiger partial charge >= 0.3 is 0 Å². The fourth-order valence-corrected chi connectivity index (χ4v) is 2.09. The number of aliphatic hydroxyl groups is 2. The van der Waals surface area contributed by atoms with Gasteiger partial charge in [-0.25, -0.2) is 0 Å². The van der Waals surface area contributed by atoms with Gasteiger partial charge in [0.1, 0.15) is 12.4 Å². The molecule has 0 spiro atoms. The Hall–Kier alpha value is -2.23. The molecule has 0 aromatic carbocycles. The minimum absolute atomic E-state index is 0.506. The maximum absolute atomic E-state index is 10.4. The molecule has 0 aliphatic carbocycles. The number of carbonyl (C=O) groups is 1. The minimum Gasteiger partial charge on any atom is -0.387 e. The largest absolute Gasteiger partial charge is 0.387 e. The molecule has 0 saturated heterocycles. The lowest BCUT2D eigenvalue weighted by Crippen LogP contribution is -2.37. The molecule has 0 bridgehead atoms. The number of aliphatic hydroxyl groups excluding tert-OH is 1. The number of hydrogen-bond acceptors (Lipinski definition) is 3. The zero-order chi connectivity index (χ0) is 20.7. The van der Waals surface area contributed by atoms with Crippen molar-refractivity contribution in [3.05, 3.63) is 83.6 Å². The quantitative estimate of drug-likeness (QED) is 0.228. The van der Waals surface area contributed by atoms with Crippen molar-refractivity contribution in [1.82, 2.24) is 0 Å². The molecule has 3 heteroatoms. The number of allylic oxidation sites excluding steroid dienone is 13. The normalized spacial score (nSPS) is 17.1. The van der Waals surface area contributed by atoms with Crippen LogP contribution in [0.3, 0.4) is 0 Å². The Bertz CT molecular complexity index is 649. The summed E-state index contributed by atoms with van der Waals surface area (Å²) in [6.45, 7) is 9.62. The van der Waals surface area contributed by atoms with Crippen LogP contribution in [0.4, 0.5) is 0 Å². The molecule has 148 valence electrons. The third-order valence-electron chi connectivity index (χ3n) is 3.87. The van der Waals surface area contributed by atoms with Gasteiger partial charge in [0.05, 0.1) is 5.60 Å². The SMILES string of the molecule is CC(C)=CCC[C@@](C)(O)[C@@H](O)/C=C/C(C)=C/C=C/C(C)=C/C=C/C=C/C=O. The van der Waals surface area contributed by atoms with Crippen molar-refractivity contribution in [3.8, 4) is 0 Å². The van der Waals surface area contributed by atoms with Crippen LogP contribution in [-0.2, 0) is 4.79 Å². The van der Waals surface area contributed by atoms with Crippen LogP contribution in [0.1, 0.15) is 47.5 Å². The van der Waals surface area contributed by atoms with Gasteiger partial charge < -0.3 is 10.2 Å². The molecule has 3 nitrogen and oxygen atoms in total. The molecule has 0 fully saturated rings. The molecule has 0 saturated carbocycles. The third kappa shape index (κ3) is 13.6. The van der Waals surface area contributed by atoms with Gasteiger partial charge in [-0.15, -0.1) is 0 Å². The standard InChI is InChI=1S/C24H34O3/c1-20(2)12-11-18-24(5,27)23(26)17-16-22(4)15-10-14-21(3)13-8-6-7-9-19-25/h6-10,12-17,19,23,26-27H,11,18H2,1-5H3/b8-6+,9-7+,14-10+,17-16+,21-13+,22-15+/t23-,24+/m0/s1. The summed E-state index contributed by atoms with van der Waals surface area (Å²) in [5, 5.41) is 20.6. The van der Waals surface area contributed by atoms with Crippen molar-refractivity contribution in [3.63, 3.8) is 0 Å². The number of carbonyl (C=O) groups excluding carboxylic acids is 1. The van der Waals surface area contributed by atoms with Crippen LogP contribution in [0.15, 0.2) is 83.6 Å². The van der Waals surface area contributed by atoms with Crippen molar-refractivity contribution in [1.29, 1.82) is 0 Å². The molecule has 0 aliphatic rings. The predicted molar refractivity (Wildman–Crippen MR) is 115 cm³/mol. The summed E-state index contributed by atoms with van der Waals surface area (Å²) in [5.74, 6) is 0. The van der Waals surface area contributed by atoms with Gasteiger partial charge in [0.25, 0.3) is 0 Å². The molecule has 0 unspecified atom stereocenters. The Morgan fingerprint density at radius 3 is 2.15 bits per heavy atom. The van der Waals surface area contributed by atoms with Crippen LogP contribution in [0.25, 0.3) is 0 Å². The molecule has 0 heterocycles. The molecule has 0 radical (unpaired) electrons. The van der Waals surface area contributed by atoms with Crippen molar-refractivity contribution in [2.24, 2.45) is 0 Å². The molecular weight excluding hydrogens is 336 g/mol. The summed E-state index contributed by atoms with van der Waals surface area (Å²) < 4.78 is 0. The predicted octanol–water partition coefficient (Wildman–Crippen LogP) is 5.16. The lowest BCUT2D eigenvalue weighted by atomic mass is 9.92. The summed E-state index contributed by atoms with van der Waals surface area (Å²) in [6, 6.07) is 0. The van der Waals surface area contributed by atoms with Crippen LogP contribution < -0.4 is 0 Å². The van der Waals surface area contributed by atoms with E-state index in [0.717, 1.165) is 23.9 Å². The van der Waals surface area contributed by atoms with Crippen LogP contribution in [0.2, 0.25) is 0 Å². The van der Waals surface area contributed by atoms with E-state index in [-0.39, 0.29) is 0 Å². The van der Waals surface area contributed by atoms with Gasteiger partial charge in [-0.05, 0) is 53.5 Å². The first-order valence-corrected chi connectivity index (χ1v) is 9.21. The Labute approximate surface area is 164 Å². The highest BCUT2D eigenvalue weighted by Crippen LogP contribution is 2.19. The first kappa shape index (κ1) is 24.8. The fourth-order valence-electron chi connectivity index (χ4n) is 2.09. The van der Waals surface area contributed by atoms with E-state index in [4.69, 9.17) is 0 Å². The van der Waals surface area contributed by atoms with E-state index in [1.807, 2.05) is 64.2 Å². The molecule has 0 aromatic rings. The van der Waals surface area contributed by atoms with E-state index in [1.54, 1.807) is 25.2 Å². The second-order valence-corrected chi connectivity index (χ2v) is 7.07. The van der Waals surface area contributed by atoms with Crippen molar-refractivity contribution in [2.75, 3.05) is 0 Å². The molecule has 0 rings (SSSR count). The fraction of sp³-hybridized carbons (Fsp3) is 0.375. The van der Waals surface area contributed by atoms with Gasteiger partial charge in [-0.2, -0.15) is 0 Å². The maximum atomic E-state index is 10.4. The lowest BCUT2D eigenvalue weighted by Gasteiger charge is -2.26. The summed E-state index contributed by atoms with van der Waals surface area (Å²) in [6.07, 6.45) is 21.1. The Kier molecular flexibility index (Phi) is 12.8. The van der Waals surface area contributed by atoms with Gasteiger partial charge in [0, 0.05) is 0 Å². The molecule has 2 atom stereocenters. The minimum atomic E-state index is -1.15. The van der Waals surface area contributed by atoms with E-state index in [1.165, 1.54) is 11.6 Å². The lowest BCUT2D eigenvalue weighted by molar-refractivity contribution is -0.104. The second-order valence-electron chi connectivity index (χ2n) is 7.07. The van der Waals surface area contributed by atoms with E-state index in [2.05, 4.69) is 6.08 Å². The second kappa shape index (κ2) is 13.9. The van der Waals surface area contributed by atoms with Gasteiger partial charge in [-0.3, -0.25) is 4.79 Å². The van der Waals surface area contributed by atoms with E-state index < -0.39 is 11.7 Å². The zero-order valence-electron chi connectivity index (χ0n) is 17.2. The third-order valence-corrected chi connectivity index (χ3v) is 3.87. The van der Waals surface area contributed by atoms with Gasteiger partial charge in [0.15, 0.2) is 0 Å². The summed E-state index contributed by atoms with van der Waals surface area (Å²) in [5.41, 5.74) is 2.10. The Morgan fingerprint density at radius 1 is 0.926 bits per heavy atom. The van der Waals surface area contributed by atoms with E-state index >= 15 is 0 Å². The van der Waals surface area contributed by atoms with Crippen LogP contribution >= 0.6 is 0 Å². The number of rotatable bonds is 11. The first-order valence-electron chi connectivity index (χ1n) is 9.21. The molecule has 27 heavy (non-hydrogen) atoms. The highest BCUT2D eigenvalue weighted by molar-refractivity contribution is 5.65. The van der Waals surface area contributed by atoms with Gasteiger partial charge in [-0.1, -0.05) is 77.5 Å². The highest BCUT2D eigenvalue weighted by Gasteiger charge is 2.27. The zero-order valence-corrected chi connectivity index (χ0v) is 17.2. The molecule has 0 amide bonds. The highest BCUT2D eigenvalue weighted by atomic mass is 16.3. The summed E-state index contributed by atoms with van der Waals surface area (Å²) in [4.78, 5) is 10.1. The van der Waals surface area contributed by atoms with E-state index in [9.17, 15) is 15.0 Å². The summed E-state index contributed by atoms with van der Waals surface area (Å²) >= 11 is 0. The summed E-state index contributed by atoms with van der Waals surface area (Å²) in [7, 11) is 0. The monoisotopic (exact) mass is 370 g/mol. The topological polar surface area (TPSA) is 57.5 Å². The van der Waals surface area contributed by atoms with Crippen LogP contribution in [0, 0.1) is 0 Å². The molecule has 2 N–H and O–H groups in total. The average molecular weight is 371 g/mol. The smallest absolute Gasteiger partial charge is 0.142 e. The first-order chi connectivity index (χ1) is 12.7. The maximum Gasteiger partial charge on any atom is 0.142 e. The van der Waals surface area contributed by atoms with Crippen LogP contribution in [-0.4, -0.2) is 28.2 Å². The van der Waals surface area contributed by atoms with Crippen molar-refractivity contribution < 1.29 is 15.0 Å². The van der Waals surface area contributed by atoms with E-state index in [0.29, 0.717) is 6.42 Å². The number of aldehydes is 1. The Morgan fingerprint density at radius 2 is 1.52 bits per heavy atom. The molecular formula is C24H34O3. The molecule has 0 aliphatic heterocycles.